The normalized spacial score (nSPS) is 11.2. The number of hydrogen-bond donors (Lipinski definition) is 2. The van der Waals surface area contributed by atoms with Gasteiger partial charge in [0.15, 0.2) is 18.0 Å². The molecule has 0 atom stereocenters. The van der Waals surface area contributed by atoms with Crippen LogP contribution in [-0.2, 0) is 9.59 Å². The first-order chi connectivity index (χ1) is 16.8. The third kappa shape index (κ3) is 5.27. The number of oxazole rings is 1. The van der Waals surface area contributed by atoms with Gasteiger partial charge in [-0.2, -0.15) is 4.68 Å². The van der Waals surface area contributed by atoms with Crippen molar-refractivity contribution in [2.24, 2.45) is 5.73 Å². The predicted molar refractivity (Wildman–Crippen MR) is 124 cm³/mol. The highest BCUT2D eigenvalue weighted by Gasteiger charge is 2.24. The molecule has 0 saturated heterocycles. The van der Waals surface area contributed by atoms with E-state index >= 15 is 0 Å². The molecule has 2 aromatic carbocycles. The molecular formula is C23H23N7O5. The monoisotopic (exact) mass is 477 g/mol. The molecule has 180 valence electrons. The molecule has 2 aromatic heterocycles. The second-order valence-electron chi connectivity index (χ2n) is 8.18. The molecule has 4 aromatic rings. The molecule has 2 amide bonds. The molecule has 0 fully saturated rings. The SMILES string of the molecule is COc1cc(-n2nnnc2-c2cccc(OCC(C)(C)NC(=O)C(N)=O)c2)ccc1-c1cnco1. The summed E-state index contributed by atoms with van der Waals surface area (Å²) >= 11 is 0. The van der Waals surface area contributed by atoms with Crippen LogP contribution in [0.1, 0.15) is 13.8 Å². The number of amides is 2. The Morgan fingerprint density at radius 3 is 2.74 bits per heavy atom. The van der Waals surface area contributed by atoms with Crippen molar-refractivity contribution in [3.8, 4) is 39.9 Å². The highest BCUT2D eigenvalue weighted by molar-refractivity contribution is 6.34. The van der Waals surface area contributed by atoms with Crippen LogP contribution in [0.25, 0.3) is 28.4 Å². The lowest BCUT2D eigenvalue weighted by Crippen LogP contribution is -2.51. The number of nitrogens with two attached hydrogens (primary N) is 1. The van der Waals surface area contributed by atoms with Crippen LogP contribution in [0.3, 0.4) is 0 Å². The van der Waals surface area contributed by atoms with E-state index in [9.17, 15) is 9.59 Å². The van der Waals surface area contributed by atoms with E-state index in [-0.39, 0.29) is 6.61 Å². The summed E-state index contributed by atoms with van der Waals surface area (Å²) in [6.07, 6.45) is 2.95. The zero-order valence-corrected chi connectivity index (χ0v) is 19.3. The van der Waals surface area contributed by atoms with Crippen molar-refractivity contribution in [3.63, 3.8) is 0 Å². The first-order valence-electron chi connectivity index (χ1n) is 10.5. The van der Waals surface area contributed by atoms with E-state index in [4.69, 9.17) is 19.6 Å². The fourth-order valence-corrected chi connectivity index (χ4v) is 3.30. The molecule has 0 unspecified atom stereocenters. The van der Waals surface area contributed by atoms with Gasteiger partial charge in [-0.1, -0.05) is 12.1 Å². The van der Waals surface area contributed by atoms with Crippen LogP contribution in [0.4, 0.5) is 0 Å². The smallest absolute Gasteiger partial charge is 0.309 e. The maximum absolute atomic E-state index is 11.6. The summed E-state index contributed by atoms with van der Waals surface area (Å²) in [6, 6.07) is 12.6. The molecule has 0 aliphatic carbocycles. The lowest BCUT2D eigenvalue weighted by Gasteiger charge is -2.25. The number of tetrazole rings is 1. The van der Waals surface area contributed by atoms with Crippen LogP contribution in [0.15, 0.2) is 59.5 Å². The number of nitrogens with zero attached hydrogens (tertiary/aromatic N) is 5. The maximum Gasteiger partial charge on any atom is 0.309 e. The Morgan fingerprint density at radius 1 is 1.20 bits per heavy atom. The number of aromatic nitrogens is 5. The number of nitrogens with one attached hydrogen (secondary N) is 1. The standard InChI is InChI=1S/C23H23N7O5/c1-23(2,26-22(32)20(24)31)12-34-16-6-4-5-14(9-16)21-27-28-29-30(21)15-7-8-17(18(10-15)33-3)19-11-25-13-35-19/h4-11,13H,12H2,1-3H3,(H2,24,31)(H,26,32). The average Bonchev–Trinajstić information content (AvgIpc) is 3.55. The van der Waals surface area contributed by atoms with Crippen molar-refractivity contribution >= 4 is 11.8 Å². The number of primary amides is 1. The third-order valence-electron chi connectivity index (χ3n) is 4.96. The van der Waals surface area contributed by atoms with Gasteiger partial charge in [-0.05, 0) is 48.5 Å². The largest absolute Gasteiger partial charge is 0.496 e. The lowest BCUT2D eigenvalue weighted by molar-refractivity contribution is -0.138. The van der Waals surface area contributed by atoms with Crippen molar-refractivity contribution in [2.75, 3.05) is 13.7 Å². The van der Waals surface area contributed by atoms with Gasteiger partial charge in [-0.15, -0.1) is 5.10 Å². The molecular weight excluding hydrogens is 454 g/mol. The first-order valence-corrected chi connectivity index (χ1v) is 10.5. The number of hydrogen-bond acceptors (Lipinski definition) is 9. The van der Waals surface area contributed by atoms with E-state index in [1.807, 2.05) is 18.2 Å². The number of rotatable bonds is 8. The number of carbonyl (C=O) groups is 2. The molecule has 0 bridgehead atoms. The van der Waals surface area contributed by atoms with E-state index in [1.165, 1.54) is 6.39 Å². The van der Waals surface area contributed by atoms with Crippen LogP contribution in [0, 0.1) is 0 Å². The number of ether oxygens (including phenoxy) is 2. The van der Waals surface area contributed by atoms with Crippen LogP contribution in [0.5, 0.6) is 11.5 Å². The Kier molecular flexibility index (Phi) is 6.44. The lowest BCUT2D eigenvalue weighted by atomic mass is 10.1. The molecule has 12 nitrogen and oxygen atoms in total. The van der Waals surface area contributed by atoms with Gasteiger partial charge in [-0.25, -0.2) is 4.98 Å². The van der Waals surface area contributed by atoms with Gasteiger partial charge in [0.05, 0.1) is 30.1 Å². The second kappa shape index (κ2) is 9.63. The molecule has 12 heteroatoms. The van der Waals surface area contributed by atoms with Gasteiger partial charge in [-0.3, -0.25) is 9.59 Å². The fraction of sp³-hybridized carbons (Fsp3) is 0.217. The van der Waals surface area contributed by atoms with Gasteiger partial charge in [0.2, 0.25) is 0 Å². The zero-order valence-electron chi connectivity index (χ0n) is 19.3. The molecule has 2 heterocycles. The molecule has 4 rings (SSSR count). The van der Waals surface area contributed by atoms with E-state index in [0.29, 0.717) is 34.3 Å². The van der Waals surface area contributed by atoms with Gasteiger partial charge in [0, 0.05) is 11.6 Å². The topological polar surface area (TPSA) is 160 Å². The van der Waals surface area contributed by atoms with Crippen LogP contribution in [0.2, 0.25) is 0 Å². The van der Waals surface area contributed by atoms with Crippen molar-refractivity contribution in [1.82, 2.24) is 30.5 Å². The van der Waals surface area contributed by atoms with E-state index in [0.717, 1.165) is 5.56 Å². The van der Waals surface area contributed by atoms with Crippen LogP contribution >= 0.6 is 0 Å². The Hall–Kier alpha value is -4.74. The summed E-state index contributed by atoms with van der Waals surface area (Å²) in [4.78, 5) is 26.6. The highest BCUT2D eigenvalue weighted by Crippen LogP contribution is 2.33. The number of benzene rings is 2. The second-order valence-corrected chi connectivity index (χ2v) is 8.18. The minimum Gasteiger partial charge on any atom is -0.496 e. The summed E-state index contributed by atoms with van der Waals surface area (Å²) in [7, 11) is 1.56. The van der Waals surface area contributed by atoms with Crippen LogP contribution in [-0.4, -0.2) is 56.3 Å². The summed E-state index contributed by atoms with van der Waals surface area (Å²) in [6.45, 7) is 3.53. The quantitative estimate of drug-likeness (QED) is 0.360. The maximum atomic E-state index is 11.6. The van der Waals surface area contributed by atoms with E-state index in [2.05, 4.69) is 25.8 Å². The number of carbonyl (C=O) groups excluding carboxylic acids is 2. The predicted octanol–water partition coefficient (Wildman–Crippen LogP) is 1.75. The molecule has 35 heavy (non-hydrogen) atoms. The summed E-state index contributed by atoms with van der Waals surface area (Å²) in [5.41, 5.74) is 6.29. The summed E-state index contributed by atoms with van der Waals surface area (Å²) in [5, 5.41) is 14.6. The van der Waals surface area contributed by atoms with Crippen molar-refractivity contribution in [1.29, 1.82) is 0 Å². The van der Waals surface area contributed by atoms with Crippen molar-refractivity contribution < 1.29 is 23.5 Å². The zero-order chi connectivity index (χ0) is 25.0. The fourth-order valence-electron chi connectivity index (χ4n) is 3.30. The van der Waals surface area contributed by atoms with Gasteiger partial charge in [0.25, 0.3) is 0 Å². The first kappa shape index (κ1) is 23.4. The Labute approximate surface area is 200 Å². The van der Waals surface area contributed by atoms with Gasteiger partial charge < -0.3 is 24.9 Å². The van der Waals surface area contributed by atoms with Crippen molar-refractivity contribution in [3.05, 3.63) is 55.1 Å². The average molecular weight is 477 g/mol. The molecule has 0 radical (unpaired) electrons. The highest BCUT2D eigenvalue weighted by atomic mass is 16.5. The third-order valence-corrected chi connectivity index (χ3v) is 4.96. The van der Waals surface area contributed by atoms with Gasteiger partial charge >= 0.3 is 11.8 Å². The summed E-state index contributed by atoms with van der Waals surface area (Å²) < 4.78 is 18.3. The molecule has 3 N–H and O–H groups in total. The van der Waals surface area contributed by atoms with Crippen molar-refractivity contribution in [2.45, 2.75) is 19.4 Å². The summed E-state index contributed by atoms with van der Waals surface area (Å²) in [5.74, 6) is 0.208. The van der Waals surface area contributed by atoms with E-state index < -0.39 is 17.4 Å². The van der Waals surface area contributed by atoms with Crippen LogP contribution < -0.4 is 20.5 Å². The molecule has 0 aliphatic rings. The van der Waals surface area contributed by atoms with Gasteiger partial charge in [0.1, 0.15) is 18.1 Å². The Morgan fingerprint density at radius 2 is 2.03 bits per heavy atom. The molecule has 0 spiro atoms. The minimum atomic E-state index is -1.06. The Balaban J connectivity index is 1.57. The van der Waals surface area contributed by atoms with E-state index in [1.54, 1.807) is 56.1 Å². The molecule has 0 saturated carbocycles. The number of methoxy groups -OCH3 is 1. The Bertz CT molecular complexity index is 1350. The molecule has 0 aliphatic heterocycles. The minimum absolute atomic E-state index is 0.0979.